The molecule has 0 aliphatic heterocycles. The first kappa shape index (κ1) is 15.8. The molecule has 0 saturated carbocycles. The van der Waals surface area contributed by atoms with Gasteiger partial charge in [0.15, 0.2) is 0 Å². The van der Waals surface area contributed by atoms with E-state index in [0.717, 1.165) is 0 Å². The van der Waals surface area contributed by atoms with Crippen LogP contribution in [-0.2, 0) is 25.8 Å². The number of benzene rings is 1. The molecule has 1 unspecified atom stereocenters. The fourth-order valence-corrected chi connectivity index (χ4v) is 9.08. The van der Waals surface area contributed by atoms with E-state index in [9.17, 15) is 0 Å². The number of halogens is 2. The van der Waals surface area contributed by atoms with E-state index in [4.69, 9.17) is 17.0 Å². The van der Waals surface area contributed by atoms with Gasteiger partial charge in [0.25, 0.3) is 0 Å². The first-order valence-electron chi connectivity index (χ1n) is 6.97. The van der Waals surface area contributed by atoms with Gasteiger partial charge >= 0.3 is 133 Å². The van der Waals surface area contributed by atoms with Gasteiger partial charge in [0.2, 0.25) is 0 Å². The molecule has 0 heterocycles. The number of rotatable bonds is 4. The number of allylic oxidation sites excluding steroid dienone is 2. The van der Waals surface area contributed by atoms with Crippen molar-refractivity contribution in [3.63, 3.8) is 0 Å². The van der Waals surface area contributed by atoms with Crippen LogP contribution in [0.5, 0.6) is 0 Å². The summed E-state index contributed by atoms with van der Waals surface area (Å²) in [5.41, 5.74) is 8.60. The first-order valence-corrected chi connectivity index (χ1v) is 14.7. The summed E-state index contributed by atoms with van der Waals surface area (Å²) in [5.74, 6) is 0. The Kier molecular flexibility index (Phi) is 5.37. The molecule has 2 rings (SSSR count). The van der Waals surface area contributed by atoms with Crippen molar-refractivity contribution in [2.24, 2.45) is 0 Å². The van der Waals surface area contributed by atoms with Crippen LogP contribution >= 0.6 is 17.0 Å². The zero-order valence-corrected chi connectivity index (χ0v) is 16.1. The molecule has 0 radical (unpaired) electrons. The maximum absolute atomic E-state index is 6.43. The molecular weight excluding hydrogens is 354 g/mol. The number of fused-ring (bicyclic) bond motifs is 1. The third-order valence-corrected chi connectivity index (χ3v) is 9.68. The van der Waals surface area contributed by atoms with Gasteiger partial charge < -0.3 is 0 Å². The van der Waals surface area contributed by atoms with Crippen LogP contribution in [0.1, 0.15) is 59.5 Å². The van der Waals surface area contributed by atoms with Crippen LogP contribution in [0.3, 0.4) is 0 Å². The predicted octanol–water partition coefficient (Wildman–Crippen LogP) is 6.11. The van der Waals surface area contributed by atoms with Crippen molar-refractivity contribution < 1.29 is 19.4 Å². The normalized spacial score (nSPS) is 17.9. The van der Waals surface area contributed by atoms with Gasteiger partial charge in [-0.2, -0.15) is 0 Å². The van der Waals surface area contributed by atoms with Crippen LogP contribution in [0.15, 0.2) is 17.7 Å². The molecule has 0 bridgehead atoms. The zero-order valence-electron chi connectivity index (χ0n) is 12.1. The van der Waals surface area contributed by atoms with Crippen LogP contribution < -0.4 is 0 Å². The molecule has 0 amide bonds. The SMILES string of the molecule is CCCCc1ccc(C)c2c1C(C)=C(C)[CH]2[Zr]([Cl])[Cl]. The minimum absolute atomic E-state index is 0.363. The summed E-state index contributed by atoms with van der Waals surface area (Å²) in [5, 5.41) is 0. The van der Waals surface area contributed by atoms with Gasteiger partial charge in [0, 0.05) is 0 Å². The zero-order chi connectivity index (χ0) is 14.2. The summed E-state index contributed by atoms with van der Waals surface area (Å²) >= 11 is -2.32. The number of hydrogen-bond donors (Lipinski definition) is 0. The maximum atomic E-state index is 6.43. The Balaban J connectivity index is 2.57. The molecule has 103 valence electrons. The second kappa shape index (κ2) is 6.46. The molecule has 1 aromatic carbocycles. The van der Waals surface area contributed by atoms with E-state index in [0.29, 0.717) is 3.63 Å². The number of unbranched alkanes of at least 4 members (excludes halogenated alkanes) is 1. The molecule has 0 fully saturated rings. The van der Waals surface area contributed by atoms with Gasteiger partial charge in [-0.25, -0.2) is 0 Å². The van der Waals surface area contributed by atoms with Gasteiger partial charge in [0.05, 0.1) is 0 Å². The van der Waals surface area contributed by atoms with E-state index >= 15 is 0 Å². The fourth-order valence-electron chi connectivity index (χ4n) is 3.06. The Labute approximate surface area is 132 Å². The molecule has 0 N–H and O–H groups in total. The molecule has 1 aromatic rings. The number of aryl methyl sites for hydroxylation is 2. The van der Waals surface area contributed by atoms with Gasteiger partial charge in [-0.15, -0.1) is 0 Å². The summed E-state index contributed by atoms with van der Waals surface area (Å²) < 4.78 is 0.363. The van der Waals surface area contributed by atoms with Crippen LogP contribution in [0.4, 0.5) is 0 Å². The van der Waals surface area contributed by atoms with Crippen LogP contribution in [0, 0.1) is 6.92 Å². The Morgan fingerprint density at radius 3 is 2.42 bits per heavy atom. The van der Waals surface area contributed by atoms with E-state index in [1.165, 1.54) is 52.7 Å². The Morgan fingerprint density at radius 2 is 1.84 bits per heavy atom. The van der Waals surface area contributed by atoms with Crippen molar-refractivity contribution in [1.29, 1.82) is 0 Å². The van der Waals surface area contributed by atoms with E-state index in [1.807, 2.05) is 0 Å². The molecule has 1 atom stereocenters. The molecule has 0 aromatic heterocycles. The van der Waals surface area contributed by atoms with E-state index in [-0.39, 0.29) is 0 Å². The summed E-state index contributed by atoms with van der Waals surface area (Å²) in [7, 11) is 12.9. The molecule has 3 heteroatoms. The fraction of sp³-hybridized carbons (Fsp3) is 0.500. The van der Waals surface area contributed by atoms with Crippen LogP contribution in [0.2, 0.25) is 0 Å². The van der Waals surface area contributed by atoms with Crippen molar-refractivity contribution in [2.75, 3.05) is 0 Å². The summed E-state index contributed by atoms with van der Waals surface area (Å²) in [6, 6.07) is 4.55. The predicted molar refractivity (Wildman–Crippen MR) is 82.5 cm³/mol. The second-order valence-corrected chi connectivity index (χ2v) is 14.3. The molecule has 1 aliphatic rings. The van der Waals surface area contributed by atoms with E-state index in [2.05, 4.69) is 39.8 Å². The van der Waals surface area contributed by atoms with Gasteiger partial charge in [-0.1, -0.05) is 0 Å². The molecule has 19 heavy (non-hydrogen) atoms. The molecule has 0 spiro atoms. The third-order valence-electron chi connectivity index (χ3n) is 4.26. The average Bonchev–Trinajstić information content (AvgIpc) is 2.63. The monoisotopic (exact) mass is 373 g/mol. The molecular formula is C16H21Cl2Zr. The first-order chi connectivity index (χ1) is 8.99. The third kappa shape index (κ3) is 2.90. The van der Waals surface area contributed by atoms with Gasteiger partial charge in [-0.05, 0) is 0 Å². The number of hydrogen-bond acceptors (Lipinski definition) is 0. The van der Waals surface area contributed by atoms with Crippen molar-refractivity contribution in [3.8, 4) is 0 Å². The summed E-state index contributed by atoms with van der Waals surface area (Å²) in [4.78, 5) is 0. The average molecular weight is 375 g/mol. The van der Waals surface area contributed by atoms with Crippen molar-refractivity contribution in [2.45, 2.75) is 50.6 Å². The van der Waals surface area contributed by atoms with Crippen LogP contribution in [-0.4, -0.2) is 0 Å². The topological polar surface area (TPSA) is 0 Å². The molecule has 0 saturated heterocycles. The Hall–Kier alpha value is 0.423. The summed E-state index contributed by atoms with van der Waals surface area (Å²) in [6.07, 6.45) is 3.65. The summed E-state index contributed by atoms with van der Waals surface area (Å²) in [6.45, 7) is 8.90. The molecule has 1 aliphatic carbocycles. The van der Waals surface area contributed by atoms with Gasteiger partial charge in [0.1, 0.15) is 0 Å². The standard InChI is InChI=1S/C16H21.2ClH.Zr/c1-5-6-7-14-9-8-11(2)15-10-12(3)13(4)16(14)15;;;/h8-10H,5-7H2,1-4H3;2*1H;/q;;;+2/p-2. The van der Waals surface area contributed by atoms with E-state index < -0.39 is 19.4 Å². The quantitative estimate of drug-likeness (QED) is 0.595. The van der Waals surface area contributed by atoms with Gasteiger partial charge in [-0.3, -0.25) is 0 Å². The Bertz CT molecular complexity index is 518. The van der Waals surface area contributed by atoms with Crippen molar-refractivity contribution in [3.05, 3.63) is 40.0 Å². The minimum atomic E-state index is -2.32. The van der Waals surface area contributed by atoms with Crippen molar-refractivity contribution in [1.82, 2.24) is 0 Å². The molecule has 0 nitrogen and oxygen atoms in total. The van der Waals surface area contributed by atoms with E-state index in [1.54, 1.807) is 0 Å². The van der Waals surface area contributed by atoms with Crippen molar-refractivity contribution >= 4 is 22.6 Å². The second-order valence-electron chi connectivity index (χ2n) is 5.46. The van der Waals surface area contributed by atoms with Crippen LogP contribution in [0.25, 0.3) is 5.57 Å². The Morgan fingerprint density at radius 1 is 1.16 bits per heavy atom.